The molecule has 0 radical (unpaired) electrons. The van der Waals surface area contributed by atoms with E-state index in [4.69, 9.17) is 72.6 Å². The highest BCUT2D eigenvalue weighted by Crippen LogP contribution is 2.29. The summed E-state index contributed by atoms with van der Waals surface area (Å²) in [6.45, 7) is 12.0. The average Bonchev–Trinajstić information content (AvgIpc) is 3.43. The number of halogens is 5. The number of nitrogens with zero attached hydrogens (tertiary/aromatic N) is 4. The maximum Gasteiger partial charge on any atom is 0.225 e. The molecule has 1 aliphatic heterocycles. The molecular formula is C27H35Cl5N4O3. The van der Waals surface area contributed by atoms with Crippen molar-refractivity contribution in [2.45, 2.75) is 65.9 Å². The van der Waals surface area contributed by atoms with Gasteiger partial charge in [0.1, 0.15) is 21.2 Å². The van der Waals surface area contributed by atoms with Gasteiger partial charge in [0.15, 0.2) is 0 Å². The molecule has 1 aromatic carbocycles. The summed E-state index contributed by atoms with van der Waals surface area (Å²) in [5.74, 6) is 1.34. The molecule has 2 aromatic heterocycles. The fraction of sp³-hybridized carbons (Fsp3) is 0.481. The number of aromatic nitrogens is 4. The number of ether oxygens (including phenoxy) is 2. The lowest BCUT2D eigenvalue weighted by molar-refractivity contribution is 0.198. The molecule has 216 valence electrons. The van der Waals surface area contributed by atoms with Crippen molar-refractivity contribution in [3.8, 4) is 5.75 Å². The molecule has 1 N–H and O–H groups in total. The van der Waals surface area contributed by atoms with Crippen LogP contribution in [0.5, 0.6) is 5.75 Å². The topological polar surface area (TPSA) is 90.3 Å². The lowest BCUT2D eigenvalue weighted by atomic mass is 10.0. The smallest absolute Gasteiger partial charge is 0.225 e. The van der Waals surface area contributed by atoms with E-state index in [0.29, 0.717) is 21.4 Å². The standard InChI is InChI=1S/C8H10Cl2N2.C8H10O2.C7H7Cl3N2.C4H8O/c1-4(2)6-5(3)11-8(10)12-7(6)9;1-10-8-4-2-7(6-9)3-5-8;1-3(2)4-5(8)11-7(10)12-6(4)9;1-2-4-5-3-1/h4H,1-3H3;2-5,9H,6H2,1H3;3H,1-2H3;1-4H2. The fourth-order valence-corrected chi connectivity index (χ4v) is 5.05. The van der Waals surface area contributed by atoms with Crippen LogP contribution in [0.4, 0.5) is 0 Å². The van der Waals surface area contributed by atoms with Crippen LogP contribution in [0, 0.1) is 6.92 Å². The largest absolute Gasteiger partial charge is 0.497 e. The molecule has 0 aliphatic carbocycles. The molecule has 1 fully saturated rings. The molecular weight excluding hydrogens is 606 g/mol. The summed E-state index contributed by atoms with van der Waals surface area (Å²) in [7, 11) is 1.62. The van der Waals surface area contributed by atoms with Crippen LogP contribution in [0.2, 0.25) is 26.0 Å². The van der Waals surface area contributed by atoms with Gasteiger partial charge in [0.05, 0.1) is 13.7 Å². The predicted molar refractivity (Wildman–Crippen MR) is 161 cm³/mol. The predicted octanol–water partition coefficient (Wildman–Crippen LogP) is 8.76. The summed E-state index contributed by atoms with van der Waals surface area (Å²) in [4.78, 5) is 15.5. The van der Waals surface area contributed by atoms with Crippen molar-refractivity contribution in [2.24, 2.45) is 0 Å². The van der Waals surface area contributed by atoms with E-state index in [1.807, 2.05) is 58.9 Å². The SMILES string of the molecule is C1CCOC1.CC(C)c1c(Cl)nc(Cl)nc1Cl.COc1ccc(CO)cc1.Cc1nc(Cl)nc(Cl)c1C(C)C. The van der Waals surface area contributed by atoms with E-state index in [1.54, 1.807) is 7.11 Å². The van der Waals surface area contributed by atoms with Gasteiger partial charge in [-0.15, -0.1) is 0 Å². The Morgan fingerprint density at radius 2 is 1.21 bits per heavy atom. The molecule has 1 aliphatic rings. The first-order chi connectivity index (χ1) is 18.4. The lowest BCUT2D eigenvalue weighted by Crippen LogP contribution is -1.99. The second-order valence-corrected chi connectivity index (χ2v) is 10.7. The molecule has 3 heterocycles. The molecule has 0 unspecified atom stereocenters. The van der Waals surface area contributed by atoms with Crippen LogP contribution in [0.25, 0.3) is 0 Å². The van der Waals surface area contributed by atoms with Gasteiger partial charge in [-0.2, -0.15) is 0 Å². The first-order valence-electron chi connectivity index (χ1n) is 12.3. The van der Waals surface area contributed by atoms with Crippen LogP contribution < -0.4 is 4.74 Å². The van der Waals surface area contributed by atoms with Crippen molar-refractivity contribution in [3.05, 3.63) is 72.7 Å². The highest BCUT2D eigenvalue weighted by atomic mass is 35.5. The van der Waals surface area contributed by atoms with E-state index in [1.165, 1.54) is 12.8 Å². The Morgan fingerprint density at radius 3 is 1.54 bits per heavy atom. The van der Waals surface area contributed by atoms with Gasteiger partial charge >= 0.3 is 0 Å². The minimum absolute atomic E-state index is 0.0781. The van der Waals surface area contributed by atoms with E-state index in [-0.39, 0.29) is 23.1 Å². The number of hydrogen-bond donors (Lipinski definition) is 1. The number of aliphatic hydroxyl groups excluding tert-OH is 1. The molecule has 3 aromatic rings. The molecule has 4 rings (SSSR count). The van der Waals surface area contributed by atoms with Crippen molar-refractivity contribution in [1.82, 2.24) is 19.9 Å². The Balaban J connectivity index is 0.000000269. The van der Waals surface area contributed by atoms with Crippen LogP contribution in [0.15, 0.2) is 24.3 Å². The van der Waals surface area contributed by atoms with Crippen molar-refractivity contribution in [1.29, 1.82) is 0 Å². The van der Waals surface area contributed by atoms with Gasteiger partial charge < -0.3 is 14.6 Å². The zero-order valence-electron chi connectivity index (χ0n) is 22.9. The Hall–Kier alpha value is -1.45. The third kappa shape index (κ3) is 13.2. The van der Waals surface area contributed by atoms with E-state index >= 15 is 0 Å². The first-order valence-corrected chi connectivity index (χ1v) is 14.2. The highest BCUT2D eigenvalue weighted by molar-refractivity contribution is 6.36. The molecule has 7 nitrogen and oxygen atoms in total. The maximum absolute atomic E-state index is 8.66. The summed E-state index contributed by atoms with van der Waals surface area (Å²) in [6.07, 6.45) is 2.56. The van der Waals surface area contributed by atoms with Crippen LogP contribution in [0.3, 0.4) is 0 Å². The van der Waals surface area contributed by atoms with Crippen LogP contribution in [-0.2, 0) is 11.3 Å². The van der Waals surface area contributed by atoms with E-state index < -0.39 is 0 Å². The quantitative estimate of drug-likeness (QED) is 0.225. The fourth-order valence-electron chi connectivity index (χ4n) is 3.28. The third-order valence-corrected chi connectivity index (χ3v) is 6.41. The Labute approximate surface area is 256 Å². The van der Waals surface area contributed by atoms with Crippen molar-refractivity contribution in [2.75, 3.05) is 20.3 Å². The van der Waals surface area contributed by atoms with Gasteiger partial charge in [0.2, 0.25) is 10.6 Å². The van der Waals surface area contributed by atoms with Gasteiger partial charge in [0, 0.05) is 30.0 Å². The van der Waals surface area contributed by atoms with Crippen molar-refractivity contribution >= 4 is 58.0 Å². The monoisotopic (exact) mass is 638 g/mol. The molecule has 0 spiro atoms. The second-order valence-electron chi connectivity index (χ2n) is 8.91. The van der Waals surface area contributed by atoms with Crippen LogP contribution in [-0.4, -0.2) is 45.4 Å². The Morgan fingerprint density at radius 1 is 0.769 bits per heavy atom. The van der Waals surface area contributed by atoms with E-state index in [0.717, 1.165) is 41.3 Å². The number of rotatable bonds is 4. The van der Waals surface area contributed by atoms with Gasteiger partial charge in [-0.1, -0.05) is 74.6 Å². The normalized spacial score (nSPS) is 12.2. The lowest BCUT2D eigenvalue weighted by Gasteiger charge is -2.09. The highest BCUT2D eigenvalue weighted by Gasteiger charge is 2.13. The Kier molecular flexibility index (Phi) is 17.2. The van der Waals surface area contributed by atoms with Crippen molar-refractivity contribution in [3.63, 3.8) is 0 Å². The average molecular weight is 641 g/mol. The number of methoxy groups -OCH3 is 1. The number of aliphatic hydroxyl groups is 1. The third-order valence-electron chi connectivity index (χ3n) is 5.21. The summed E-state index contributed by atoms with van der Waals surface area (Å²) in [5, 5.41) is 10.1. The molecule has 1 saturated heterocycles. The second kappa shape index (κ2) is 18.8. The van der Waals surface area contributed by atoms with E-state index in [2.05, 4.69) is 19.9 Å². The number of benzene rings is 1. The van der Waals surface area contributed by atoms with Gasteiger partial charge in [0.25, 0.3) is 0 Å². The van der Waals surface area contributed by atoms with E-state index in [9.17, 15) is 0 Å². The zero-order valence-corrected chi connectivity index (χ0v) is 26.7. The summed E-state index contributed by atoms with van der Waals surface area (Å²) >= 11 is 28.7. The maximum atomic E-state index is 8.66. The molecule has 12 heteroatoms. The number of hydrogen-bond acceptors (Lipinski definition) is 7. The molecule has 0 saturated carbocycles. The summed E-state index contributed by atoms with van der Waals surface area (Å²) in [6, 6.07) is 7.31. The minimum atomic E-state index is 0.0781. The Bertz CT molecular complexity index is 1010. The molecule has 0 atom stereocenters. The molecule has 0 bridgehead atoms. The minimum Gasteiger partial charge on any atom is -0.497 e. The van der Waals surface area contributed by atoms with Gasteiger partial charge in [-0.05, 0) is 72.5 Å². The van der Waals surface area contributed by atoms with Crippen molar-refractivity contribution < 1.29 is 14.6 Å². The zero-order chi connectivity index (χ0) is 29.5. The van der Waals surface area contributed by atoms with Gasteiger partial charge in [-0.3, -0.25) is 0 Å². The molecule has 0 amide bonds. The molecule has 39 heavy (non-hydrogen) atoms. The van der Waals surface area contributed by atoms with Gasteiger partial charge in [-0.25, -0.2) is 19.9 Å². The number of aryl methyl sites for hydroxylation is 1. The first kappa shape index (κ1) is 35.6. The van der Waals surface area contributed by atoms with Crippen LogP contribution in [0.1, 0.15) is 74.8 Å². The van der Waals surface area contributed by atoms with Crippen LogP contribution >= 0.6 is 58.0 Å². The summed E-state index contributed by atoms with van der Waals surface area (Å²) < 4.78 is 9.88. The summed E-state index contributed by atoms with van der Waals surface area (Å²) in [5.41, 5.74) is 3.47.